The number of hydrogen-bond acceptors (Lipinski definition) is 3. The van der Waals surface area contributed by atoms with Gasteiger partial charge in [-0.15, -0.1) is 0 Å². The third kappa shape index (κ3) is 2.48. The van der Waals surface area contributed by atoms with Gasteiger partial charge in [-0.1, -0.05) is 0 Å². The average Bonchev–Trinajstić information content (AvgIpc) is 2.52. The number of ether oxygens (including phenoxy) is 2. The standard InChI is InChI=1S/C7H13NO3/c1-10-5-8-7(9)6-2-3-11-4-6/h6H,2-5H2,1H3,(H,8,9). The zero-order valence-electron chi connectivity index (χ0n) is 6.63. The minimum atomic E-state index is 0.0318. The van der Waals surface area contributed by atoms with Crippen LogP contribution in [-0.4, -0.2) is 33.0 Å². The molecule has 1 atom stereocenters. The first-order valence-electron chi connectivity index (χ1n) is 3.69. The smallest absolute Gasteiger partial charge is 0.227 e. The minimum absolute atomic E-state index is 0.0318. The molecule has 1 aliphatic rings. The first-order chi connectivity index (χ1) is 5.34. The summed E-state index contributed by atoms with van der Waals surface area (Å²) in [4.78, 5) is 11.1. The fourth-order valence-electron chi connectivity index (χ4n) is 1.03. The Kier molecular flexibility index (Phi) is 3.32. The molecule has 1 heterocycles. The maximum absolute atomic E-state index is 11.1. The summed E-state index contributed by atoms with van der Waals surface area (Å²) in [6.45, 7) is 1.54. The van der Waals surface area contributed by atoms with E-state index >= 15 is 0 Å². The minimum Gasteiger partial charge on any atom is -0.381 e. The number of methoxy groups -OCH3 is 1. The summed E-state index contributed by atoms with van der Waals surface area (Å²) in [5, 5.41) is 2.63. The second-order valence-electron chi connectivity index (χ2n) is 2.53. The molecule has 1 rings (SSSR count). The zero-order valence-corrected chi connectivity index (χ0v) is 6.63. The molecule has 64 valence electrons. The van der Waals surface area contributed by atoms with Crippen molar-refractivity contribution in [1.82, 2.24) is 5.32 Å². The Morgan fingerprint density at radius 1 is 1.82 bits per heavy atom. The zero-order chi connectivity index (χ0) is 8.10. The largest absolute Gasteiger partial charge is 0.381 e. The lowest BCUT2D eigenvalue weighted by Crippen LogP contribution is -2.32. The van der Waals surface area contributed by atoms with Crippen LogP contribution < -0.4 is 5.32 Å². The molecule has 11 heavy (non-hydrogen) atoms. The second kappa shape index (κ2) is 4.31. The SMILES string of the molecule is COCNC(=O)C1CCOC1. The molecule has 1 saturated heterocycles. The molecular formula is C7H13NO3. The lowest BCUT2D eigenvalue weighted by molar-refractivity contribution is -0.126. The van der Waals surface area contributed by atoms with Crippen molar-refractivity contribution in [3.8, 4) is 0 Å². The summed E-state index contributed by atoms with van der Waals surface area (Å²) in [6, 6.07) is 0. The molecule has 1 unspecified atom stereocenters. The van der Waals surface area contributed by atoms with Gasteiger partial charge in [0.05, 0.1) is 12.5 Å². The van der Waals surface area contributed by atoms with Gasteiger partial charge in [-0.2, -0.15) is 0 Å². The second-order valence-corrected chi connectivity index (χ2v) is 2.53. The first-order valence-corrected chi connectivity index (χ1v) is 3.69. The quantitative estimate of drug-likeness (QED) is 0.577. The van der Waals surface area contributed by atoms with Gasteiger partial charge in [0.15, 0.2) is 0 Å². The van der Waals surface area contributed by atoms with Gasteiger partial charge in [-0.25, -0.2) is 0 Å². The van der Waals surface area contributed by atoms with Crippen LogP contribution in [0.4, 0.5) is 0 Å². The number of nitrogens with one attached hydrogen (secondary N) is 1. The van der Waals surface area contributed by atoms with E-state index < -0.39 is 0 Å². The highest BCUT2D eigenvalue weighted by Crippen LogP contribution is 2.11. The van der Waals surface area contributed by atoms with Crippen molar-refractivity contribution in [2.75, 3.05) is 27.1 Å². The fraction of sp³-hybridized carbons (Fsp3) is 0.857. The Hall–Kier alpha value is -0.610. The summed E-state index contributed by atoms with van der Waals surface area (Å²) < 4.78 is 9.76. The van der Waals surface area contributed by atoms with Crippen LogP contribution in [0.25, 0.3) is 0 Å². The molecular weight excluding hydrogens is 146 g/mol. The van der Waals surface area contributed by atoms with E-state index in [4.69, 9.17) is 9.47 Å². The maximum Gasteiger partial charge on any atom is 0.227 e. The van der Waals surface area contributed by atoms with E-state index in [1.807, 2.05) is 0 Å². The monoisotopic (exact) mass is 159 g/mol. The van der Waals surface area contributed by atoms with Gasteiger partial charge in [0, 0.05) is 13.7 Å². The van der Waals surface area contributed by atoms with E-state index in [1.54, 1.807) is 7.11 Å². The molecule has 1 aliphatic heterocycles. The van der Waals surface area contributed by atoms with Gasteiger partial charge in [0.25, 0.3) is 0 Å². The van der Waals surface area contributed by atoms with E-state index in [0.717, 1.165) is 6.42 Å². The molecule has 0 aromatic rings. The van der Waals surface area contributed by atoms with Crippen molar-refractivity contribution in [3.05, 3.63) is 0 Å². The van der Waals surface area contributed by atoms with Crippen molar-refractivity contribution in [1.29, 1.82) is 0 Å². The molecule has 0 aromatic carbocycles. The number of hydrogen-bond donors (Lipinski definition) is 1. The van der Waals surface area contributed by atoms with Gasteiger partial charge in [-0.3, -0.25) is 4.79 Å². The molecule has 4 heteroatoms. The molecule has 4 nitrogen and oxygen atoms in total. The molecule has 0 spiro atoms. The van der Waals surface area contributed by atoms with E-state index in [0.29, 0.717) is 13.2 Å². The van der Waals surface area contributed by atoms with Crippen LogP contribution in [0.1, 0.15) is 6.42 Å². The Balaban J connectivity index is 2.17. The van der Waals surface area contributed by atoms with Crippen LogP contribution >= 0.6 is 0 Å². The Labute approximate surface area is 65.9 Å². The number of rotatable bonds is 3. The van der Waals surface area contributed by atoms with Crippen molar-refractivity contribution >= 4 is 5.91 Å². The van der Waals surface area contributed by atoms with Crippen LogP contribution in [0, 0.1) is 5.92 Å². The summed E-state index contributed by atoms with van der Waals surface area (Å²) in [6.07, 6.45) is 0.829. The third-order valence-electron chi connectivity index (χ3n) is 1.69. The van der Waals surface area contributed by atoms with Crippen molar-refractivity contribution in [2.24, 2.45) is 5.92 Å². The molecule has 0 aliphatic carbocycles. The third-order valence-corrected chi connectivity index (χ3v) is 1.69. The molecule has 1 N–H and O–H groups in total. The molecule has 0 radical (unpaired) electrons. The van der Waals surface area contributed by atoms with Crippen LogP contribution in [0.5, 0.6) is 0 Å². The Morgan fingerprint density at radius 2 is 2.64 bits per heavy atom. The molecule has 0 aromatic heterocycles. The van der Waals surface area contributed by atoms with Gasteiger partial charge in [0.2, 0.25) is 5.91 Å². The van der Waals surface area contributed by atoms with E-state index in [2.05, 4.69) is 5.32 Å². The summed E-state index contributed by atoms with van der Waals surface area (Å²) in [7, 11) is 1.55. The highest BCUT2D eigenvalue weighted by atomic mass is 16.5. The summed E-state index contributed by atoms with van der Waals surface area (Å²) >= 11 is 0. The topological polar surface area (TPSA) is 47.6 Å². The van der Waals surface area contributed by atoms with Crippen LogP contribution in [-0.2, 0) is 14.3 Å². The molecule has 0 bridgehead atoms. The number of amides is 1. The van der Waals surface area contributed by atoms with E-state index in [1.165, 1.54) is 0 Å². The Morgan fingerprint density at radius 3 is 3.18 bits per heavy atom. The van der Waals surface area contributed by atoms with Gasteiger partial charge in [0.1, 0.15) is 6.73 Å². The Bertz CT molecular complexity index is 132. The maximum atomic E-state index is 11.1. The van der Waals surface area contributed by atoms with Crippen molar-refractivity contribution in [2.45, 2.75) is 6.42 Å². The van der Waals surface area contributed by atoms with Gasteiger partial charge >= 0.3 is 0 Å². The highest BCUT2D eigenvalue weighted by molar-refractivity contribution is 5.78. The lowest BCUT2D eigenvalue weighted by Gasteiger charge is -2.07. The predicted molar refractivity (Wildman–Crippen MR) is 38.9 cm³/mol. The van der Waals surface area contributed by atoms with Gasteiger partial charge < -0.3 is 14.8 Å². The van der Waals surface area contributed by atoms with E-state index in [9.17, 15) is 4.79 Å². The predicted octanol–water partition coefficient (Wildman–Crippen LogP) is -0.257. The first kappa shape index (κ1) is 8.49. The van der Waals surface area contributed by atoms with Crippen molar-refractivity contribution in [3.63, 3.8) is 0 Å². The average molecular weight is 159 g/mol. The summed E-state index contributed by atoms with van der Waals surface area (Å²) in [5.41, 5.74) is 0. The fourth-order valence-corrected chi connectivity index (χ4v) is 1.03. The normalized spacial score (nSPS) is 23.5. The van der Waals surface area contributed by atoms with Gasteiger partial charge in [-0.05, 0) is 6.42 Å². The van der Waals surface area contributed by atoms with Crippen molar-refractivity contribution < 1.29 is 14.3 Å². The van der Waals surface area contributed by atoms with Crippen LogP contribution in [0.2, 0.25) is 0 Å². The van der Waals surface area contributed by atoms with Crippen LogP contribution in [0.3, 0.4) is 0 Å². The number of carbonyl (C=O) groups is 1. The molecule has 1 amide bonds. The molecule has 1 fully saturated rings. The number of carbonyl (C=O) groups excluding carboxylic acids is 1. The van der Waals surface area contributed by atoms with Crippen LogP contribution in [0.15, 0.2) is 0 Å². The summed E-state index contributed by atoms with van der Waals surface area (Å²) in [5.74, 6) is 0.0644. The lowest BCUT2D eigenvalue weighted by atomic mass is 10.1. The molecule has 0 saturated carbocycles. The highest BCUT2D eigenvalue weighted by Gasteiger charge is 2.22. The van der Waals surface area contributed by atoms with E-state index in [-0.39, 0.29) is 18.6 Å².